The summed E-state index contributed by atoms with van der Waals surface area (Å²) in [5.74, 6) is -0.0324. The molecule has 9 heavy (non-hydrogen) atoms. The average molecular weight is 150 g/mol. The lowest BCUT2D eigenvalue weighted by Gasteiger charge is -2.13. The van der Waals surface area contributed by atoms with Gasteiger partial charge in [-0.25, -0.2) is 0 Å². The molecule has 0 heterocycles. The highest BCUT2D eigenvalue weighted by Gasteiger charge is 2.08. The van der Waals surface area contributed by atoms with E-state index in [1.54, 1.807) is 0 Å². The van der Waals surface area contributed by atoms with Crippen molar-refractivity contribution in [2.45, 2.75) is 32.2 Å². The maximum absolute atomic E-state index is 10.4. The number of carbonyl (C=O) groups excluding carboxylic acids is 1. The lowest BCUT2D eigenvalue weighted by Crippen LogP contribution is -2.35. The third-order valence-electron chi connectivity index (χ3n) is 1.12. The van der Waals surface area contributed by atoms with E-state index in [1.807, 2.05) is 13.8 Å². The molecule has 1 N–H and O–H groups in total. The number of hydrogen-bond donors (Lipinski definition) is 1. The Kier molecular flexibility index (Phi) is 3.62. The third-order valence-corrected chi connectivity index (χ3v) is 1.50. The molecular formula is C6H12ClNO. The first-order chi connectivity index (χ1) is 4.04. The molecule has 0 aromatic heterocycles. The van der Waals surface area contributed by atoms with E-state index in [0.29, 0.717) is 0 Å². The topological polar surface area (TPSA) is 29.1 Å². The number of nitrogens with one attached hydrogen (secondary N) is 1. The molecule has 1 amide bonds. The van der Waals surface area contributed by atoms with E-state index in [4.69, 9.17) is 11.6 Å². The number of hydrogen-bond acceptors (Lipinski definition) is 1. The Balaban J connectivity index is 3.50. The summed E-state index contributed by atoms with van der Waals surface area (Å²) in [4.78, 5) is 10.4. The van der Waals surface area contributed by atoms with Gasteiger partial charge in [0.15, 0.2) is 0 Å². The Morgan fingerprint density at radius 3 is 2.11 bits per heavy atom. The second-order valence-electron chi connectivity index (χ2n) is 2.17. The van der Waals surface area contributed by atoms with Crippen LogP contribution in [0.2, 0.25) is 0 Å². The van der Waals surface area contributed by atoms with E-state index < -0.39 is 0 Å². The van der Waals surface area contributed by atoms with Gasteiger partial charge in [-0.05, 0) is 13.8 Å². The van der Waals surface area contributed by atoms with Crippen molar-refractivity contribution >= 4 is 17.5 Å². The van der Waals surface area contributed by atoms with Crippen LogP contribution < -0.4 is 5.32 Å². The van der Waals surface area contributed by atoms with Gasteiger partial charge in [-0.15, -0.1) is 11.6 Å². The minimum atomic E-state index is -0.0324. The molecule has 0 aliphatic carbocycles. The smallest absolute Gasteiger partial charge is 0.217 e. The molecule has 2 atom stereocenters. The molecule has 0 bridgehead atoms. The van der Waals surface area contributed by atoms with E-state index in [1.165, 1.54) is 6.92 Å². The first-order valence-electron chi connectivity index (χ1n) is 2.95. The molecule has 2 nitrogen and oxygen atoms in total. The number of carbonyl (C=O) groups is 1. The molecule has 0 saturated heterocycles. The van der Waals surface area contributed by atoms with Crippen molar-refractivity contribution in [2.75, 3.05) is 0 Å². The molecule has 0 spiro atoms. The molecule has 0 aliphatic rings. The molecule has 0 rings (SSSR count). The maximum atomic E-state index is 10.4. The van der Waals surface area contributed by atoms with Gasteiger partial charge in [-0.3, -0.25) is 4.79 Å². The monoisotopic (exact) mass is 149 g/mol. The molecule has 0 aromatic rings. The summed E-state index contributed by atoms with van der Waals surface area (Å²) >= 11 is 5.66. The summed E-state index contributed by atoms with van der Waals surface area (Å²) in [5, 5.41) is 2.67. The highest BCUT2D eigenvalue weighted by molar-refractivity contribution is 6.20. The predicted molar refractivity (Wildman–Crippen MR) is 38.6 cm³/mol. The van der Waals surface area contributed by atoms with Crippen LogP contribution in [0.4, 0.5) is 0 Å². The predicted octanol–water partition coefficient (Wildman–Crippen LogP) is 1.14. The van der Waals surface area contributed by atoms with E-state index in [2.05, 4.69) is 5.32 Å². The zero-order valence-electron chi connectivity index (χ0n) is 5.94. The molecule has 2 unspecified atom stereocenters. The Hall–Kier alpha value is -0.240. The molecular weight excluding hydrogens is 138 g/mol. The highest BCUT2D eigenvalue weighted by atomic mass is 35.5. The van der Waals surface area contributed by atoms with Crippen LogP contribution in [0, 0.1) is 0 Å². The van der Waals surface area contributed by atoms with Gasteiger partial charge >= 0.3 is 0 Å². The summed E-state index contributed by atoms with van der Waals surface area (Å²) in [6.45, 7) is 5.21. The Bertz CT molecular complexity index is 103. The molecule has 0 aliphatic heterocycles. The van der Waals surface area contributed by atoms with Gasteiger partial charge in [0.25, 0.3) is 0 Å². The van der Waals surface area contributed by atoms with Gasteiger partial charge in [-0.2, -0.15) is 0 Å². The lowest BCUT2D eigenvalue weighted by atomic mass is 10.2. The van der Waals surface area contributed by atoms with Crippen LogP contribution in [0.5, 0.6) is 0 Å². The molecule has 0 saturated carbocycles. The molecule has 0 aromatic carbocycles. The number of rotatable bonds is 2. The van der Waals surface area contributed by atoms with Crippen LogP contribution >= 0.6 is 11.6 Å². The van der Waals surface area contributed by atoms with E-state index >= 15 is 0 Å². The van der Waals surface area contributed by atoms with Crippen LogP contribution in [0.3, 0.4) is 0 Å². The second-order valence-corrected chi connectivity index (χ2v) is 2.86. The maximum Gasteiger partial charge on any atom is 0.217 e. The van der Waals surface area contributed by atoms with Crippen molar-refractivity contribution in [3.8, 4) is 0 Å². The first kappa shape index (κ1) is 8.76. The Morgan fingerprint density at radius 2 is 2.00 bits per heavy atom. The van der Waals surface area contributed by atoms with Crippen molar-refractivity contribution in [1.82, 2.24) is 5.32 Å². The van der Waals surface area contributed by atoms with Crippen LogP contribution in [-0.2, 0) is 4.79 Å². The molecule has 0 radical (unpaired) electrons. The van der Waals surface area contributed by atoms with Crippen molar-refractivity contribution < 1.29 is 4.79 Å². The zero-order chi connectivity index (χ0) is 7.44. The van der Waals surface area contributed by atoms with E-state index in [9.17, 15) is 4.79 Å². The Labute approximate surface area is 60.6 Å². The van der Waals surface area contributed by atoms with Gasteiger partial charge in [0.1, 0.15) is 0 Å². The summed E-state index contributed by atoms with van der Waals surface area (Å²) in [6.07, 6.45) is 0. The molecule has 54 valence electrons. The number of alkyl halides is 1. The quantitative estimate of drug-likeness (QED) is 0.587. The summed E-state index contributed by atoms with van der Waals surface area (Å²) in [5.41, 5.74) is 0. The summed E-state index contributed by atoms with van der Waals surface area (Å²) < 4.78 is 0. The van der Waals surface area contributed by atoms with Crippen LogP contribution in [0.15, 0.2) is 0 Å². The van der Waals surface area contributed by atoms with E-state index in [-0.39, 0.29) is 17.3 Å². The van der Waals surface area contributed by atoms with Crippen molar-refractivity contribution in [3.63, 3.8) is 0 Å². The minimum absolute atomic E-state index is 0.00565. The standard InChI is InChI=1S/C6H12ClNO/c1-4(7)5(2)8-6(3)9/h4-5H,1-3H3,(H,8,9). The summed E-state index contributed by atoms with van der Waals surface area (Å²) in [6, 6.07) is 0.0594. The van der Waals surface area contributed by atoms with Crippen LogP contribution in [0.1, 0.15) is 20.8 Å². The fourth-order valence-electron chi connectivity index (χ4n) is 0.435. The SMILES string of the molecule is CC(=O)NC(C)C(C)Cl. The zero-order valence-corrected chi connectivity index (χ0v) is 6.70. The number of halogens is 1. The Morgan fingerprint density at radius 1 is 1.56 bits per heavy atom. The summed E-state index contributed by atoms with van der Waals surface area (Å²) in [7, 11) is 0. The largest absolute Gasteiger partial charge is 0.352 e. The van der Waals surface area contributed by atoms with E-state index in [0.717, 1.165) is 0 Å². The van der Waals surface area contributed by atoms with Crippen molar-refractivity contribution in [1.29, 1.82) is 0 Å². The van der Waals surface area contributed by atoms with Crippen molar-refractivity contribution in [2.24, 2.45) is 0 Å². The third kappa shape index (κ3) is 4.28. The van der Waals surface area contributed by atoms with Crippen LogP contribution in [0.25, 0.3) is 0 Å². The highest BCUT2D eigenvalue weighted by Crippen LogP contribution is 1.99. The minimum Gasteiger partial charge on any atom is -0.352 e. The normalized spacial score (nSPS) is 16.4. The second kappa shape index (κ2) is 3.72. The molecule has 3 heteroatoms. The fraction of sp³-hybridized carbons (Fsp3) is 0.833. The van der Waals surface area contributed by atoms with Crippen LogP contribution in [-0.4, -0.2) is 17.3 Å². The van der Waals surface area contributed by atoms with Gasteiger partial charge < -0.3 is 5.32 Å². The molecule has 0 fully saturated rings. The van der Waals surface area contributed by atoms with Gasteiger partial charge in [0, 0.05) is 13.0 Å². The van der Waals surface area contributed by atoms with Crippen molar-refractivity contribution in [3.05, 3.63) is 0 Å². The first-order valence-corrected chi connectivity index (χ1v) is 3.39. The lowest BCUT2D eigenvalue weighted by molar-refractivity contribution is -0.119. The fourth-order valence-corrected chi connectivity index (χ4v) is 0.498. The number of amides is 1. The average Bonchev–Trinajstić information content (AvgIpc) is 1.63. The van der Waals surface area contributed by atoms with Gasteiger partial charge in [0.05, 0.1) is 5.38 Å². The van der Waals surface area contributed by atoms with Gasteiger partial charge in [0.2, 0.25) is 5.91 Å². The van der Waals surface area contributed by atoms with Gasteiger partial charge in [-0.1, -0.05) is 0 Å².